The van der Waals surface area contributed by atoms with Gasteiger partial charge in [0.15, 0.2) is 6.61 Å². The Bertz CT molecular complexity index is 953. The molecule has 2 aromatic heterocycles. The van der Waals surface area contributed by atoms with Gasteiger partial charge in [0, 0.05) is 24.2 Å². The summed E-state index contributed by atoms with van der Waals surface area (Å²) in [6.45, 7) is -0.0640. The molecule has 3 heterocycles. The maximum Gasteiger partial charge on any atom is 0.262 e. The van der Waals surface area contributed by atoms with Crippen LogP contribution >= 0.6 is 0 Å². The minimum Gasteiger partial charge on any atom is -0.482 e. The average molecular weight is 335 g/mol. The van der Waals surface area contributed by atoms with Crippen molar-refractivity contribution in [3.8, 4) is 11.4 Å². The summed E-state index contributed by atoms with van der Waals surface area (Å²) in [5, 5.41) is 5.53. The third-order valence-electron chi connectivity index (χ3n) is 3.71. The molecule has 0 radical (unpaired) electrons. The highest BCUT2D eigenvalue weighted by atomic mass is 16.5. The number of imidazole rings is 1. The fourth-order valence-electron chi connectivity index (χ4n) is 2.52. The number of fused-ring (bicyclic) bond motifs is 1. The lowest BCUT2D eigenvalue weighted by atomic mass is 10.1. The van der Waals surface area contributed by atoms with Crippen molar-refractivity contribution in [1.82, 2.24) is 14.5 Å². The number of anilines is 2. The van der Waals surface area contributed by atoms with Crippen LogP contribution in [-0.2, 0) is 4.79 Å². The van der Waals surface area contributed by atoms with Gasteiger partial charge in [-0.2, -0.15) is 0 Å². The molecule has 2 amide bonds. The third kappa shape index (κ3) is 2.92. The summed E-state index contributed by atoms with van der Waals surface area (Å²) in [7, 11) is 0. The Hall–Kier alpha value is -3.68. The quantitative estimate of drug-likeness (QED) is 0.761. The lowest BCUT2D eigenvalue weighted by molar-refractivity contribution is -0.118. The summed E-state index contributed by atoms with van der Waals surface area (Å²) >= 11 is 0. The van der Waals surface area contributed by atoms with E-state index in [0.717, 1.165) is 5.69 Å². The maximum absolute atomic E-state index is 12.6. The molecule has 3 aromatic rings. The number of rotatable bonds is 3. The van der Waals surface area contributed by atoms with Gasteiger partial charge in [0.25, 0.3) is 11.8 Å². The van der Waals surface area contributed by atoms with Crippen molar-refractivity contribution >= 4 is 23.2 Å². The van der Waals surface area contributed by atoms with E-state index in [9.17, 15) is 9.59 Å². The second kappa shape index (κ2) is 6.08. The van der Waals surface area contributed by atoms with Gasteiger partial charge in [-0.25, -0.2) is 4.98 Å². The number of carbonyl (C=O) groups excluding carboxylic acids is 2. The van der Waals surface area contributed by atoms with Gasteiger partial charge in [-0.05, 0) is 24.3 Å². The lowest BCUT2D eigenvalue weighted by Crippen LogP contribution is -2.25. The molecule has 1 aliphatic heterocycles. The SMILES string of the molecule is O=C1COc2cc(C(=O)Nc3cnccc3-n3ccnc3)ccc2N1. The highest BCUT2D eigenvalue weighted by molar-refractivity contribution is 6.06. The van der Waals surface area contributed by atoms with Gasteiger partial charge in [-0.3, -0.25) is 14.6 Å². The molecule has 0 saturated carbocycles. The number of carbonyl (C=O) groups is 2. The van der Waals surface area contributed by atoms with Gasteiger partial charge < -0.3 is 19.9 Å². The first kappa shape index (κ1) is 14.9. The van der Waals surface area contributed by atoms with Crippen LogP contribution in [0.2, 0.25) is 0 Å². The maximum atomic E-state index is 12.6. The number of ether oxygens (including phenoxy) is 1. The zero-order valence-corrected chi connectivity index (χ0v) is 13.0. The van der Waals surface area contributed by atoms with Gasteiger partial charge in [0.05, 0.1) is 29.6 Å². The Morgan fingerprint density at radius 2 is 2.16 bits per heavy atom. The molecule has 0 unspecified atom stereocenters. The molecule has 1 aromatic carbocycles. The molecule has 2 N–H and O–H groups in total. The zero-order valence-electron chi connectivity index (χ0n) is 13.0. The number of amides is 2. The Morgan fingerprint density at radius 3 is 3.00 bits per heavy atom. The molecule has 0 bridgehead atoms. The summed E-state index contributed by atoms with van der Waals surface area (Å²) < 4.78 is 7.12. The monoisotopic (exact) mass is 335 g/mol. The van der Waals surface area contributed by atoms with Gasteiger partial charge in [-0.1, -0.05) is 0 Å². The van der Waals surface area contributed by atoms with E-state index in [1.807, 2.05) is 0 Å². The topological polar surface area (TPSA) is 98.1 Å². The molecule has 0 atom stereocenters. The number of pyridine rings is 1. The van der Waals surface area contributed by atoms with Crippen molar-refractivity contribution in [3.05, 3.63) is 60.9 Å². The van der Waals surface area contributed by atoms with E-state index < -0.39 is 0 Å². The fourth-order valence-corrected chi connectivity index (χ4v) is 2.52. The smallest absolute Gasteiger partial charge is 0.262 e. The first-order valence-corrected chi connectivity index (χ1v) is 7.51. The van der Waals surface area contributed by atoms with E-state index in [4.69, 9.17) is 4.74 Å². The molecule has 4 rings (SSSR count). The summed E-state index contributed by atoms with van der Waals surface area (Å²) in [4.78, 5) is 32.0. The van der Waals surface area contributed by atoms with Crippen LogP contribution in [0.5, 0.6) is 5.75 Å². The molecular formula is C17H13N5O3. The number of hydrogen-bond acceptors (Lipinski definition) is 5. The van der Waals surface area contributed by atoms with E-state index in [0.29, 0.717) is 22.7 Å². The Morgan fingerprint density at radius 1 is 1.24 bits per heavy atom. The minimum atomic E-state index is -0.308. The number of benzene rings is 1. The second-order valence-electron chi connectivity index (χ2n) is 5.36. The standard InChI is InChI=1S/C17H13N5O3/c23-16-9-25-15-7-11(1-2-12(15)20-16)17(24)21-13-8-18-4-3-14(13)22-6-5-19-10-22/h1-8,10H,9H2,(H,20,23)(H,21,24). The Labute approximate surface area is 142 Å². The average Bonchev–Trinajstić information content (AvgIpc) is 3.16. The first-order chi connectivity index (χ1) is 12.2. The molecule has 0 spiro atoms. The van der Waals surface area contributed by atoms with E-state index in [-0.39, 0.29) is 18.4 Å². The number of hydrogen-bond donors (Lipinski definition) is 2. The van der Waals surface area contributed by atoms with Crippen LogP contribution in [0, 0.1) is 0 Å². The van der Waals surface area contributed by atoms with Crippen LogP contribution in [0.3, 0.4) is 0 Å². The third-order valence-corrected chi connectivity index (χ3v) is 3.71. The molecule has 124 valence electrons. The number of aromatic nitrogens is 3. The number of nitrogens with zero attached hydrogens (tertiary/aromatic N) is 3. The Kier molecular flexibility index (Phi) is 3.62. The van der Waals surface area contributed by atoms with E-state index in [1.54, 1.807) is 59.9 Å². The molecule has 8 nitrogen and oxygen atoms in total. The first-order valence-electron chi connectivity index (χ1n) is 7.51. The van der Waals surface area contributed by atoms with Crippen LogP contribution in [0.1, 0.15) is 10.4 Å². The lowest BCUT2D eigenvalue weighted by Gasteiger charge is -2.18. The second-order valence-corrected chi connectivity index (χ2v) is 5.36. The molecule has 1 aliphatic rings. The van der Waals surface area contributed by atoms with E-state index in [2.05, 4.69) is 20.6 Å². The van der Waals surface area contributed by atoms with Crippen molar-refractivity contribution in [2.24, 2.45) is 0 Å². The molecule has 0 saturated heterocycles. The van der Waals surface area contributed by atoms with Crippen molar-refractivity contribution in [2.45, 2.75) is 0 Å². The fraction of sp³-hybridized carbons (Fsp3) is 0.0588. The predicted octanol–water partition coefficient (Wildman–Crippen LogP) is 1.85. The zero-order chi connectivity index (χ0) is 17.2. The summed E-state index contributed by atoms with van der Waals surface area (Å²) in [6.07, 6.45) is 8.28. The van der Waals surface area contributed by atoms with Crippen molar-refractivity contribution < 1.29 is 14.3 Å². The van der Waals surface area contributed by atoms with E-state index in [1.165, 1.54) is 0 Å². The number of nitrogens with one attached hydrogen (secondary N) is 2. The van der Waals surface area contributed by atoms with Crippen LogP contribution in [0.15, 0.2) is 55.4 Å². The Balaban J connectivity index is 1.60. The van der Waals surface area contributed by atoms with Crippen molar-refractivity contribution in [1.29, 1.82) is 0 Å². The van der Waals surface area contributed by atoms with Gasteiger partial charge in [0.2, 0.25) is 0 Å². The highest BCUT2D eigenvalue weighted by Gasteiger charge is 2.18. The van der Waals surface area contributed by atoms with Crippen molar-refractivity contribution in [3.63, 3.8) is 0 Å². The highest BCUT2D eigenvalue weighted by Crippen LogP contribution is 2.29. The molecule has 8 heteroatoms. The van der Waals surface area contributed by atoms with E-state index >= 15 is 0 Å². The normalized spacial score (nSPS) is 12.7. The van der Waals surface area contributed by atoms with Crippen molar-refractivity contribution in [2.75, 3.05) is 17.2 Å². The molecular weight excluding hydrogens is 322 g/mol. The molecule has 0 fully saturated rings. The summed E-state index contributed by atoms with van der Waals surface area (Å²) in [5.74, 6) is -0.0593. The van der Waals surface area contributed by atoms with Crippen LogP contribution < -0.4 is 15.4 Å². The van der Waals surface area contributed by atoms with Crippen LogP contribution in [0.4, 0.5) is 11.4 Å². The minimum absolute atomic E-state index is 0.0640. The largest absolute Gasteiger partial charge is 0.482 e. The predicted molar refractivity (Wildman–Crippen MR) is 89.9 cm³/mol. The summed E-state index contributed by atoms with van der Waals surface area (Å²) in [6, 6.07) is 6.64. The molecule has 25 heavy (non-hydrogen) atoms. The molecule has 0 aliphatic carbocycles. The van der Waals surface area contributed by atoms with Gasteiger partial charge >= 0.3 is 0 Å². The van der Waals surface area contributed by atoms with Gasteiger partial charge in [0.1, 0.15) is 5.75 Å². The van der Waals surface area contributed by atoms with Crippen LogP contribution in [-0.4, -0.2) is 33.0 Å². The summed E-state index contributed by atoms with van der Waals surface area (Å²) in [5.41, 5.74) is 2.27. The van der Waals surface area contributed by atoms with Gasteiger partial charge in [-0.15, -0.1) is 0 Å². The van der Waals surface area contributed by atoms with Crippen LogP contribution in [0.25, 0.3) is 5.69 Å².